The van der Waals surface area contributed by atoms with E-state index < -0.39 is 11.9 Å². The summed E-state index contributed by atoms with van der Waals surface area (Å²) in [4.78, 5) is 26.0. The molecule has 136 valence electrons. The second-order valence-electron chi connectivity index (χ2n) is 5.99. The van der Waals surface area contributed by atoms with Crippen LogP contribution in [0.1, 0.15) is 26.3 Å². The zero-order valence-corrected chi connectivity index (χ0v) is 14.6. The predicted octanol–water partition coefficient (Wildman–Crippen LogP) is 2.52. The molecule has 0 bridgehead atoms. The molecule has 1 fully saturated rings. The number of carbonyl (C=O) groups excluding carboxylic acids is 2. The van der Waals surface area contributed by atoms with Crippen molar-refractivity contribution in [1.82, 2.24) is 4.90 Å². The Labute approximate surface area is 152 Å². The Hall–Kier alpha value is -2.70. The lowest BCUT2D eigenvalue weighted by molar-refractivity contribution is 0.0342. The van der Waals surface area contributed by atoms with Gasteiger partial charge in [-0.3, -0.25) is 4.90 Å². The van der Waals surface area contributed by atoms with Crippen LogP contribution in [0.5, 0.6) is 5.75 Å². The zero-order chi connectivity index (χ0) is 18.4. The monoisotopic (exact) mass is 355 g/mol. The Morgan fingerprint density at radius 1 is 0.923 bits per heavy atom. The van der Waals surface area contributed by atoms with E-state index in [1.54, 1.807) is 36.4 Å². The number of hydrogen-bond donors (Lipinski definition) is 0. The molecular weight excluding hydrogens is 334 g/mol. The summed E-state index contributed by atoms with van der Waals surface area (Å²) in [5.41, 5.74) is 2.03. The molecule has 0 aromatic heterocycles. The first-order valence-corrected chi connectivity index (χ1v) is 8.45. The number of morpholine rings is 1. The smallest absolute Gasteiger partial charge is 0.343 e. The largest absolute Gasteiger partial charge is 0.465 e. The lowest BCUT2D eigenvalue weighted by Gasteiger charge is -2.26. The highest BCUT2D eigenvalue weighted by molar-refractivity contribution is 5.92. The van der Waals surface area contributed by atoms with Gasteiger partial charge in [-0.15, -0.1) is 0 Å². The molecule has 2 aromatic rings. The van der Waals surface area contributed by atoms with Crippen molar-refractivity contribution in [3.8, 4) is 5.75 Å². The van der Waals surface area contributed by atoms with Crippen molar-refractivity contribution in [3.63, 3.8) is 0 Å². The molecular formula is C20H21NO5. The minimum atomic E-state index is -0.436. The van der Waals surface area contributed by atoms with Gasteiger partial charge < -0.3 is 14.2 Å². The molecule has 3 rings (SSSR count). The summed E-state index contributed by atoms with van der Waals surface area (Å²) >= 11 is 0. The first kappa shape index (κ1) is 18.1. The van der Waals surface area contributed by atoms with Crippen LogP contribution in [-0.2, 0) is 16.0 Å². The van der Waals surface area contributed by atoms with Crippen LogP contribution in [0.3, 0.4) is 0 Å². The fraction of sp³-hybridized carbons (Fsp3) is 0.300. The summed E-state index contributed by atoms with van der Waals surface area (Å²) in [6.45, 7) is 4.21. The van der Waals surface area contributed by atoms with Crippen molar-refractivity contribution >= 4 is 11.9 Å². The fourth-order valence-electron chi connectivity index (χ4n) is 2.71. The van der Waals surface area contributed by atoms with Gasteiger partial charge in [0, 0.05) is 19.6 Å². The molecule has 0 atom stereocenters. The molecule has 6 heteroatoms. The Kier molecular flexibility index (Phi) is 5.99. The maximum Gasteiger partial charge on any atom is 0.343 e. The Bertz CT molecular complexity index is 749. The third-order valence-electron chi connectivity index (χ3n) is 4.19. The molecule has 1 aliphatic rings. The second kappa shape index (κ2) is 8.60. The van der Waals surface area contributed by atoms with Crippen molar-refractivity contribution in [1.29, 1.82) is 0 Å². The molecule has 0 N–H and O–H groups in total. The number of hydrogen-bond acceptors (Lipinski definition) is 6. The van der Waals surface area contributed by atoms with Gasteiger partial charge in [0.25, 0.3) is 0 Å². The summed E-state index contributed by atoms with van der Waals surface area (Å²) in [7, 11) is 1.32. The number of carbonyl (C=O) groups is 2. The van der Waals surface area contributed by atoms with Crippen LogP contribution in [0.4, 0.5) is 0 Å². The molecule has 26 heavy (non-hydrogen) atoms. The lowest BCUT2D eigenvalue weighted by atomic mass is 10.1. The van der Waals surface area contributed by atoms with Crippen LogP contribution in [0, 0.1) is 0 Å². The maximum atomic E-state index is 12.2. The predicted molar refractivity (Wildman–Crippen MR) is 95.3 cm³/mol. The molecule has 0 aliphatic carbocycles. The van der Waals surface area contributed by atoms with E-state index in [2.05, 4.69) is 9.64 Å². The summed E-state index contributed by atoms with van der Waals surface area (Å²) in [6.07, 6.45) is 0. The van der Waals surface area contributed by atoms with E-state index in [9.17, 15) is 9.59 Å². The molecule has 0 radical (unpaired) electrons. The molecule has 1 aliphatic heterocycles. The molecule has 0 unspecified atom stereocenters. The van der Waals surface area contributed by atoms with Gasteiger partial charge in [0.15, 0.2) is 0 Å². The van der Waals surface area contributed by atoms with Crippen LogP contribution in [0.25, 0.3) is 0 Å². The quantitative estimate of drug-likeness (QED) is 0.607. The molecule has 1 heterocycles. The first-order valence-electron chi connectivity index (χ1n) is 8.45. The fourth-order valence-corrected chi connectivity index (χ4v) is 2.71. The van der Waals surface area contributed by atoms with Gasteiger partial charge in [0.2, 0.25) is 0 Å². The number of methoxy groups -OCH3 is 1. The van der Waals surface area contributed by atoms with E-state index in [-0.39, 0.29) is 0 Å². The van der Waals surface area contributed by atoms with E-state index in [0.717, 1.165) is 38.4 Å². The molecule has 0 saturated carbocycles. The van der Waals surface area contributed by atoms with Gasteiger partial charge in [0.05, 0.1) is 31.5 Å². The SMILES string of the molecule is COC(=O)c1ccc(OC(=O)c2ccc(CN3CCOCC3)cc2)cc1. The van der Waals surface area contributed by atoms with Gasteiger partial charge in [-0.1, -0.05) is 12.1 Å². The number of nitrogens with zero attached hydrogens (tertiary/aromatic N) is 1. The van der Waals surface area contributed by atoms with E-state index in [1.807, 2.05) is 12.1 Å². The molecule has 0 spiro atoms. The summed E-state index contributed by atoms with van der Waals surface area (Å²) < 4.78 is 15.3. The lowest BCUT2D eigenvalue weighted by Crippen LogP contribution is -2.35. The average molecular weight is 355 g/mol. The van der Waals surface area contributed by atoms with Crippen molar-refractivity contribution in [2.45, 2.75) is 6.54 Å². The zero-order valence-electron chi connectivity index (χ0n) is 14.6. The van der Waals surface area contributed by atoms with Crippen molar-refractivity contribution < 1.29 is 23.8 Å². The third-order valence-corrected chi connectivity index (χ3v) is 4.19. The van der Waals surface area contributed by atoms with Crippen molar-refractivity contribution in [2.75, 3.05) is 33.4 Å². The van der Waals surface area contributed by atoms with Crippen LogP contribution in [0.15, 0.2) is 48.5 Å². The molecule has 6 nitrogen and oxygen atoms in total. The molecule has 1 saturated heterocycles. The topological polar surface area (TPSA) is 65.1 Å². The normalized spacial score (nSPS) is 14.7. The molecule has 0 amide bonds. The standard InChI is InChI=1S/C20H21NO5/c1-24-19(22)16-6-8-18(9-7-16)26-20(23)17-4-2-15(3-5-17)14-21-10-12-25-13-11-21/h2-9H,10-14H2,1H3. The third kappa shape index (κ3) is 4.68. The van der Waals surface area contributed by atoms with Crippen LogP contribution < -0.4 is 4.74 Å². The van der Waals surface area contributed by atoms with E-state index in [0.29, 0.717) is 16.9 Å². The van der Waals surface area contributed by atoms with Crippen LogP contribution in [-0.4, -0.2) is 50.3 Å². The van der Waals surface area contributed by atoms with Gasteiger partial charge >= 0.3 is 11.9 Å². The Morgan fingerprint density at radius 2 is 1.50 bits per heavy atom. The average Bonchev–Trinajstić information content (AvgIpc) is 2.69. The summed E-state index contributed by atoms with van der Waals surface area (Å²) in [5.74, 6) is -0.493. The van der Waals surface area contributed by atoms with Gasteiger partial charge in [-0.05, 0) is 42.0 Å². The van der Waals surface area contributed by atoms with Gasteiger partial charge in [0.1, 0.15) is 5.75 Å². The van der Waals surface area contributed by atoms with Crippen LogP contribution >= 0.6 is 0 Å². The van der Waals surface area contributed by atoms with Crippen molar-refractivity contribution in [3.05, 3.63) is 65.2 Å². The van der Waals surface area contributed by atoms with Gasteiger partial charge in [-0.25, -0.2) is 9.59 Å². The van der Waals surface area contributed by atoms with E-state index in [1.165, 1.54) is 7.11 Å². The minimum absolute atomic E-state index is 0.375. The Balaban J connectivity index is 1.58. The highest BCUT2D eigenvalue weighted by Crippen LogP contribution is 2.16. The number of benzene rings is 2. The van der Waals surface area contributed by atoms with E-state index in [4.69, 9.17) is 9.47 Å². The number of esters is 2. The highest BCUT2D eigenvalue weighted by Gasteiger charge is 2.13. The minimum Gasteiger partial charge on any atom is -0.465 e. The number of rotatable bonds is 5. The van der Waals surface area contributed by atoms with Gasteiger partial charge in [-0.2, -0.15) is 0 Å². The second-order valence-corrected chi connectivity index (χ2v) is 5.99. The highest BCUT2D eigenvalue weighted by atomic mass is 16.5. The number of ether oxygens (including phenoxy) is 3. The summed E-state index contributed by atoms with van der Waals surface area (Å²) in [5, 5.41) is 0. The van der Waals surface area contributed by atoms with Crippen LogP contribution in [0.2, 0.25) is 0 Å². The first-order chi connectivity index (χ1) is 12.7. The molecule has 2 aromatic carbocycles. The van der Waals surface area contributed by atoms with Crippen molar-refractivity contribution in [2.24, 2.45) is 0 Å². The maximum absolute atomic E-state index is 12.2. The van der Waals surface area contributed by atoms with E-state index >= 15 is 0 Å². The summed E-state index contributed by atoms with van der Waals surface area (Å²) in [6, 6.07) is 13.6. The Morgan fingerprint density at radius 3 is 2.12 bits per heavy atom.